The standard InChI is InChI=1S/C22H27N7O2/c1-15-13-19(30)29(16-5-3-4-6-16)20-17(15)14-23-22(25-20)28-11-9-27(10-12-28)21(31)18-7-8-24-26(18)2/h7-8,13-14,16H,3-6,9-12H2,1-2H3. The molecule has 0 spiro atoms. The molecule has 0 N–H and O–H groups in total. The third-order valence-electron chi connectivity index (χ3n) is 6.57. The minimum Gasteiger partial charge on any atom is -0.337 e. The first-order valence-corrected chi connectivity index (χ1v) is 10.9. The molecule has 1 saturated heterocycles. The van der Waals surface area contributed by atoms with Crippen molar-refractivity contribution >= 4 is 22.9 Å². The molecule has 0 aromatic carbocycles. The molecule has 1 saturated carbocycles. The van der Waals surface area contributed by atoms with E-state index in [1.807, 2.05) is 22.6 Å². The molecular weight excluding hydrogens is 394 g/mol. The van der Waals surface area contributed by atoms with Crippen molar-refractivity contribution in [2.24, 2.45) is 7.05 Å². The smallest absolute Gasteiger partial charge is 0.272 e. The van der Waals surface area contributed by atoms with Gasteiger partial charge in [-0.15, -0.1) is 0 Å². The van der Waals surface area contributed by atoms with Crippen LogP contribution in [0.5, 0.6) is 0 Å². The number of hydrogen-bond donors (Lipinski definition) is 0. The number of amides is 1. The highest BCUT2D eigenvalue weighted by molar-refractivity contribution is 5.92. The summed E-state index contributed by atoms with van der Waals surface area (Å²) < 4.78 is 3.48. The van der Waals surface area contributed by atoms with Crippen LogP contribution in [0.3, 0.4) is 0 Å². The van der Waals surface area contributed by atoms with Gasteiger partial charge in [0.25, 0.3) is 11.5 Å². The summed E-state index contributed by atoms with van der Waals surface area (Å²) in [6, 6.07) is 3.66. The molecule has 3 aromatic rings. The number of aryl methyl sites for hydroxylation is 2. The zero-order valence-corrected chi connectivity index (χ0v) is 18.0. The second-order valence-corrected chi connectivity index (χ2v) is 8.50. The molecular formula is C22H27N7O2. The number of carbonyl (C=O) groups is 1. The number of fused-ring (bicyclic) bond motifs is 1. The van der Waals surface area contributed by atoms with Gasteiger partial charge in [0.2, 0.25) is 5.95 Å². The van der Waals surface area contributed by atoms with Crippen LogP contribution in [0, 0.1) is 6.92 Å². The molecule has 2 fully saturated rings. The fourth-order valence-corrected chi connectivity index (χ4v) is 4.79. The summed E-state index contributed by atoms with van der Waals surface area (Å²) in [5.41, 5.74) is 2.25. The van der Waals surface area contributed by atoms with Crippen molar-refractivity contribution in [2.75, 3.05) is 31.1 Å². The van der Waals surface area contributed by atoms with Gasteiger partial charge in [0.05, 0.1) is 0 Å². The van der Waals surface area contributed by atoms with Crippen molar-refractivity contribution in [1.29, 1.82) is 0 Å². The lowest BCUT2D eigenvalue weighted by Gasteiger charge is -2.34. The molecule has 162 valence electrons. The summed E-state index contributed by atoms with van der Waals surface area (Å²) >= 11 is 0. The van der Waals surface area contributed by atoms with Crippen molar-refractivity contribution in [3.05, 3.63) is 46.1 Å². The number of piperazine rings is 1. The molecule has 9 heteroatoms. The molecule has 9 nitrogen and oxygen atoms in total. The Kier molecular flexibility index (Phi) is 4.95. The third-order valence-corrected chi connectivity index (χ3v) is 6.57. The average molecular weight is 422 g/mol. The minimum absolute atomic E-state index is 0.00947. The molecule has 4 heterocycles. The fraction of sp³-hybridized carbons (Fsp3) is 0.500. The molecule has 1 aliphatic carbocycles. The van der Waals surface area contributed by atoms with Gasteiger partial charge in [0.1, 0.15) is 11.3 Å². The maximum absolute atomic E-state index is 12.8. The van der Waals surface area contributed by atoms with Crippen LogP contribution < -0.4 is 10.5 Å². The summed E-state index contributed by atoms with van der Waals surface area (Å²) in [6.45, 7) is 4.42. The Labute approximate surface area is 180 Å². The van der Waals surface area contributed by atoms with E-state index in [-0.39, 0.29) is 17.5 Å². The van der Waals surface area contributed by atoms with E-state index in [4.69, 9.17) is 4.98 Å². The number of rotatable bonds is 3. The lowest BCUT2D eigenvalue weighted by Crippen LogP contribution is -2.49. The molecule has 0 unspecified atom stereocenters. The van der Waals surface area contributed by atoms with Crippen LogP contribution >= 0.6 is 0 Å². The highest BCUT2D eigenvalue weighted by Gasteiger charge is 2.26. The average Bonchev–Trinajstić information content (AvgIpc) is 3.45. The fourth-order valence-electron chi connectivity index (χ4n) is 4.79. The first-order chi connectivity index (χ1) is 15.0. The van der Waals surface area contributed by atoms with Crippen LogP contribution in [0.1, 0.15) is 47.8 Å². The van der Waals surface area contributed by atoms with Crippen molar-refractivity contribution in [2.45, 2.75) is 38.6 Å². The highest BCUT2D eigenvalue weighted by atomic mass is 16.2. The Morgan fingerprint density at radius 1 is 1.13 bits per heavy atom. The van der Waals surface area contributed by atoms with Gasteiger partial charge < -0.3 is 9.80 Å². The normalized spacial score (nSPS) is 17.6. The molecule has 3 aromatic heterocycles. The number of nitrogens with zero attached hydrogens (tertiary/aromatic N) is 7. The lowest BCUT2D eigenvalue weighted by molar-refractivity contribution is 0.0735. The van der Waals surface area contributed by atoms with Crippen molar-refractivity contribution in [1.82, 2.24) is 29.2 Å². The first kappa shape index (κ1) is 19.7. The van der Waals surface area contributed by atoms with Crippen LogP contribution in [0.4, 0.5) is 5.95 Å². The zero-order chi connectivity index (χ0) is 21.5. The number of anilines is 1. The van der Waals surface area contributed by atoms with Gasteiger partial charge in [-0.2, -0.15) is 10.1 Å². The van der Waals surface area contributed by atoms with E-state index in [1.54, 1.807) is 30.1 Å². The van der Waals surface area contributed by atoms with E-state index in [1.165, 1.54) is 0 Å². The Morgan fingerprint density at radius 2 is 1.87 bits per heavy atom. The van der Waals surface area contributed by atoms with Gasteiger partial charge in [-0.05, 0) is 31.4 Å². The molecule has 31 heavy (non-hydrogen) atoms. The SMILES string of the molecule is Cc1cc(=O)n(C2CCCC2)c2nc(N3CCN(C(=O)c4ccnn4C)CC3)ncc12. The van der Waals surface area contributed by atoms with Gasteiger partial charge in [0.15, 0.2) is 0 Å². The van der Waals surface area contributed by atoms with Crippen LogP contribution in [-0.2, 0) is 7.05 Å². The Bertz CT molecular complexity index is 1180. The minimum atomic E-state index is -0.00947. The second-order valence-electron chi connectivity index (χ2n) is 8.50. The summed E-state index contributed by atoms with van der Waals surface area (Å²) in [5.74, 6) is 0.613. The van der Waals surface area contributed by atoms with Crippen LogP contribution in [0.15, 0.2) is 29.3 Å². The highest BCUT2D eigenvalue weighted by Crippen LogP contribution is 2.31. The zero-order valence-electron chi connectivity index (χ0n) is 18.0. The third kappa shape index (κ3) is 3.47. The van der Waals surface area contributed by atoms with Gasteiger partial charge in [-0.25, -0.2) is 4.98 Å². The predicted molar refractivity (Wildman–Crippen MR) is 117 cm³/mol. The molecule has 1 aliphatic heterocycles. The second kappa shape index (κ2) is 7.79. The van der Waals surface area contributed by atoms with Crippen LogP contribution in [0.2, 0.25) is 0 Å². The van der Waals surface area contributed by atoms with Crippen molar-refractivity contribution in [3.63, 3.8) is 0 Å². The largest absolute Gasteiger partial charge is 0.337 e. The number of aromatic nitrogens is 5. The monoisotopic (exact) mass is 421 g/mol. The summed E-state index contributed by atoms with van der Waals surface area (Å²) in [5, 5.41) is 5.02. The summed E-state index contributed by atoms with van der Waals surface area (Å²) in [6.07, 6.45) is 7.82. The number of hydrogen-bond acceptors (Lipinski definition) is 6. The Balaban J connectivity index is 1.41. The number of pyridine rings is 1. The van der Waals surface area contributed by atoms with E-state index in [0.29, 0.717) is 37.8 Å². The topological polar surface area (TPSA) is 89.2 Å². The maximum Gasteiger partial charge on any atom is 0.272 e. The van der Waals surface area contributed by atoms with Crippen molar-refractivity contribution in [3.8, 4) is 0 Å². The van der Waals surface area contributed by atoms with E-state index in [2.05, 4.69) is 15.0 Å². The van der Waals surface area contributed by atoms with Crippen LogP contribution in [-0.4, -0.2) is 61.3 Å². The van der Waals surface area contributed by atoms with E-state index >= 15 is 0 Å². The first-order valence-electron chi connectivity index (χ1n) is 10.9. The van der Waals surface area contributed by atoms with Gasteiger partial charge in [-0.3, -0.25) is 18.8 Å². The van der Waals surface area contributed by atoms with E-state index in [9.17, 15) is 9.59 Å². The van der Waals surface area contributed by atoms with Gasteiger partial charge in [0, 0.05) is 63.1 Å². The summed E-state index contributed by atoms with van der Waals surface area (Å²) in [7, 11) is 1.78. The lowest BCUT2D eigenvalue weighted by atomic mass is 10.1. The van der Waals surface area contributed by atoms with Gasteiger partial charge >= 0.3 is 0 Å². The Morgan fingerprint density at radius 3 is 2.55 bits per heavy atom. The molecule has 0 atom stereocenters. The van der Waals surface area contributed by atoms with Gasteiger partial charge in [-0.1, -0.05) is 12.8 Å². The molecule has 5 rings (SSSR count). The Hall–Kier alpha value is -3.23. The molecule has 0 radical (unpaired) electrons. The van der Waals surface area contributed by atoms with E-state index < -0.39 is 0 Å². The molecule has 0 bridgehead atoms. The molecule has 2 aliphatic rings. The summed E-state index contributed by atoms with van der Waals surface area (Å²) in [4.78, 5) is 39.0. The van der Waals surface area contributed by atoms with E-state index in [0.717, 1.165) is 42.3 Å². The quantitative estimate of drug-likeness (QED) is 0.642. The van der Waals surface area contributed by atoms with Crippen LogP contribution in [0.25, 0.3) is 11.0 Å². The number of carbonyl (C=O) groups excluding carboxylic acids is 1. The maximum atomic E-state index is 12.8. The van der Waals surface area contributed by atoms with Crippen molar-refractivity contribution < 1.29 is 4.79 Å². The predicted octanol–water partition coefficient (Wildman–Crippen LogP) is 1.91. The molecule has 1 amide bonds.